The molecule has 5 unspecified atom stereocenters. The molecule has 5 rings (SSSR count). The highest BCUT2D eigenvalue weighted by atomic mass is 16.3. The number of aliphatic hydroxyl groups is 1. The fraction of sp³-hybridized carbons (Fsp3) is 0.684. The molecule has 112 valence electrons. The lowest BCUT2D eigenvalue weighted by molar-refractivity contribution is -0.176. The number of nitrogens with one attached hydrogen (secondary N) is 1. The molecule has 0 aliphatic heterocycles. The minimum Gasteiger partial charge on any atom is -0.389 e. The summed E-state index contributed by atoms with van der Waals surface area (Å²) in [6, 6.07) is 11.8. The molecule has 1 aromatic carbocycles. The normalized spacial score (nSPS) is 50.8. The van der Waals surface area contributed by atoms with Gasteiger partial charge in [-0.3, -0.25) is 0 Å². The van der Waals surface area contributed by atoms with E-state index in [4.69, 9.17) is 0 Å². The first-order valence-corrected chi connectivity index (χ1v) is 8.65. The maximum Gasteiger partial charge on any atom is 0.0712 e. The van der Waals surface area contributed by atoms with Crippen LogP contribution in [0.5, 0.6) is 0 Å². The van der Waals surface area contributed by atoms with Crippen LogP contribution in [0.3, 0.4) is 0 Å². The van der Waals surface area contributed by atoms with Gasteiger partial charge in [-0.15, -0.1) is 0 Å². The Morgan fingerprint density at radius 2 is 1.86 bits per heavy atom. The molecule has 3 bridgehead atoms. The molecular formula is C19H25NO. The van der Waals surface area contributed by atoms with Crippen LogP contribution in [0.1, 0.15) is 50.6 Å². The minimum atomic E-state index is -0.288. The highest BCUT2D eigenvalue weighted by Crippen LogP contribution is 2.77. The SMILES string of the molecule is C[C@H](N[C@H]1C2CC3CC4(O)CC1CC34C2)c1ccccc1. The summed E-state index contributed by atoms with van der Waals surface area (Å²) < 4.78 is 0. The van der Waals surface area contributed by atoms with Crippen molar-refractivity contribution in [2.24, 2.45) is 23.2 Å². The van der Waals surface area contributed by atoms with Crippen LogP contribution in [-0.4, -0.2) is 16.7 Å². The van der Waals surface area contributed by atoms with Crippen molar-refractivity contribution in [2.45, 2.75) is 56.7 Å². The van der Waals surface area contributed by atoms with Crippen LogP contribution in [0.15, 0.2) is 30.3 Å². The van der Waals surface area contributed by atoms with E-state index in [1.54, 1.807) is 0 Å². The van der Waals surface area contributed by atoms with Gasteiger partial charge >= 0.3 is 0 Å². The van der Waals surface area contributed by atoms with Gasteiger partial charge < -0.3 is 10.4 Å². The monoisotopic (exact) mass is 283 g/mol. The van der Waals surface area contributed by atoms with Gasteiger partial charge in [-0.25, -0.2) is 0 Å². The summed E-state index contributed by atoms with van der Waals surface area (Å²) in [5.74, 6) is 2.33. The molecule has 0 aromatic heterocycles. The van der Waals surface area contributed by atoms with E-state index < -0.39 is 0 Å². The maximum absolute atomic E-state index is 10.9. The van der Waals surface area contributed by atoms with E-state index in [0.29, 0.717) is 23.4 Å². The summed E-state index contributed by atoms with van der Waals surface area (Å²) in [6.07, 6.45) is 6.08. The van der Waals surface area contributed by atoms with E-state index in [0.717, 1.165) is 24.7 Å². The molecule has 4 fully saturated rings. The smallest absolute Gasteiger partial charge is 0.0712 e. The average molecular weight is 283 g/mol. The van der Waals surface area contributed by atoms with Crippen molar-refractivity contribution in [2.75, 3.05) is 0 Å². The Morgan fingerprint density at radius 1 is 1.10 bits per heavy atom. The molecule has 4 aliphatic rings. The zero-order valence-electron chi connectivity index (χ0n) is 12.8. The lowest BCUT2D eigenvalue weighted by Crippen LogP contribution is -2.57. The number of hydrogen-bond donors (Lipinski definition) is 2. The summed E-state index contributed by atoms with van der Waals surface area (Å²) in [5, 5.41) is 14.9. The predicted molar refractivity (Wildman–Crippen MR) is 82.7 cm³/mol. The molecule has 7 atom stereocenters. The molecule has 0 saturated heterocycles. The topological polar surface area (TPSA) is 32.3 Å². The third-order valence-corrected chi connectivity index (χ3v) is 7.49. The number of rotatable bonds is 3. The quantitative estimate of drug-likeness (QED) is 0.892. The van der Waals surface area contributed by atoms with Gasteiger partial charge in [0.05, 0.1) is 5.60 Å². The van der Waals surface area contributed by atoms with Gasteiger partial charge in [-0.05, 0) is 62.3 Å². The molecule has 0 amide bonds. The van der Waals surface area contributed by atoms with Crippen molar-refractivity contribution in [1.82, 2.24) is 5.32 Å². The van der Waals surface area contributed by atoms with Crippen LogP contribution >= 0.6 is 0 Å². The first kappa shape index (κ1) is 12.7. The van der Waals surface area contributed by atoms with Crippen molar-refractivity contribution in [3.8, 4) is 0 Å². The predicted octanol–water partition coefficient (Wildman–Crippen LogP) is 3.28. The third-order valence-electron chi connectivity index (χ3n) is 7.49. The number of hydrogen-bond acceptors (Lipinski definition) is 2. The summed E-state index contributed by atoms with van der Waals surface area (Å²) in [5.41, 5.74) is 1.44. The second kappa shape index (κ2) is 3.91. The van der Waals surface area contributed by atoms with Crippen LogP contribution in [0.25, 0.3) is 0 Å². The van der Waals surface area contributed by atoms with Gasteiger partial charge in [0, 0.05) is 17.5 Å². The van der Waals surface area contributed by atoms with E-state index in [1.807, 2.05) is 0 Å². The van der Waals surface area contributed by atoms with Gasteiger partial charge in [0.15, 0.2) is 0 Å². The van der Waals surface area contributed by atoms with Gasteiger partial charge in [0.25, 0.3) is 0 Å². The molecule has 2 nitrogen and oxygen atoms in total. The van der Waals surface area contributed by atoms with E-state index in [-0.39, 0.29) is 5.60 Å². The first-order valence-electron chi connectivity index (χ1n) is 8.65. The van der Waals surface area contributed by atoms with E-state index in [2.05, 4.69) is 42.6 Å². The third kappa shape index (κ3) is 1.46. The molecule has 0 heterocycles. The van der Waals surface area contributed by atoms with Gasteiger partial charge in [0.1, 0.15) is 0 Å². The molecule has 4 saturated carbocycles. The fourth-order valence-electron chi connectivity index (χ4n) is 6.65. The molecule has 21 heavy (non-hydrogen) atoms. The lowest BCUT2D eigenvalue weighted by atomic mass is 9.53. The Morgan fingerprint density at radius 3 is 2.67 bits per heavy atom. The van der Waals surface area contributed by atoms with Crippen LogP contribution in [0.2, 0.25) is 0 Å². The largest absolute Gasteiger partial charge is 0.389 e. The van der Waals surface area contributed by atoms with Crippen LogP contribution in [0.4, 0.5) is 0 Å². The standard InChI is InChI=1S/C19H25NO/c1-12(13-5-3-2-4-6-13)20-17-14-7-16-11-19(21)10-15(17)9-18(16,19)8-14/h2-6,12,14-17,20-21H,7-11H2,1H3/t12-,14?,15?,16?,17-,18?,19?/m0/s1. The second-order valence-electron chi connectivity index (χ2n) is 8.28. The molecule has 4 aliphatic carbocycles. The fourth-order valence-corrected chi connectivity index (χ4v) is 6.65. The van der Waals surface area contributed by atoms with E-state index >= 15 is 0 Å². The van der Waals surface area contributed by atoms with Crippen molar-refractivity contribution in [3.05, 3.63) is 35.9 Å². The van der Waals surface area contributed by atoms with Crippen molar-refractivity contribution >= 4 is 0 Å². The van der Waals surface area contributed by atoms with Crippen molar-refractivity contribution < 1.29 is 5.11 Å². The Bertz CT molecular complexity index is 568. The molecule has 2 N–H and O–H groups in total. The van der Waals surface area contributed by atoms with E-state index in [1.165, 1.54) is 24.8 Å². The summed E-state index contributed by atoms with van der Waals surface area (Å²) in [4.78, 5) is 0. The van der Waals surface area contributed by atoms with Crippen LogP contribution < -0.4 is 5.32 Å². The lowest BCUT2D eigenvalue weighted by Gasteiger charge is -2.55. The van der Waals surface area contributed by atoms with Gasteiger partial charge in [-0.1, -0.05) is 30.3 Å². The van der Waals surface area contributed by atoms with Crippen molar-refractivity contribution in [3.63, 3.8) is 0 Å². The van der Waals surface area contributed by atoms with Crippen LogP contribution in [0, 0.1) is 23.2 Å². The zero-order valence-corrected chi connectivity index (χ0v) is 12.8. The van der Waals surface area contributed by atoms with Gasteiger partial charge in [-0.2, -0.15) is 0 Å². The van der Waals surface area contributed by atoms with Crippen molar-refractivity contribution in [1.29, 1.82) is 0 Å². The molecule has 0 radical (unpaired) electrons. The zero-order chi connectivity index (χ0) is 14.2. The molecular weight excluding hydrogens is 258 g/mol. The highest BCUT2D eigenvalue weighted by Gasteiger charge is 2.76. The Labute approximate surface area is 126 Å². The average Bonchev–Trinajstić information content (AvgIpc) is 2.85. The summed E-state index contributed by atoms with van der Waals surface area (Å²) in [6.45, 7) is 2.29. The number of benzene rings is 1. The molecule has 2 heteroatoms. The molecule has 1 spiro atoms. The Hall–Kier alpha value is -0.860. The second-order valence-corrected chi connectivity index (χ2v) is 8.28. The van der Waals surface area contributed by atoms with Gasteiger partial charge in [0.2, 0.25) is 0 Å². The van der Waals surface area contributed by atoms with E-state index in [9.17, 15) is 5.11 Å². The molecule has 1 aromatic rings. The van der Waals surface area contributed by atoms with Crippen LogP contribution in [-0.2, 0) is 0 Å². The number of fused-ring (bicyclic) bond motifs is 2. The maximum atomic E-state index is 10.9. The highest BCUT2D eigenvalue weighted by molar-refractivity contribution is 5.27. The Kier molecular flexibility index (Phi) is 2.36. The minimum absolute atomic E-state index is 0.288. The first-order chi connectivity index (χ1) is 10.1. The summed E-state index contributed by atoms with van der Waals surface area (Å²) >= 11 is 0. The summed E-state index contributed by atoms with van der Waals surface area (Å²) in [7, 11) is 0. The Balaban J connectivity index is 1.40.